The number of rotatable bonds is 4. The van der Waals surface area contributed by atoms with Gasteiger partial charge in [-0.25, -0.2) is 0 Å². The molecule has 0 N–H and O–H groups in total. The topological polar surface area (TPSA) is 9.72 Å². The summed E-state index contributed by atoms with van der Waals surface area (Å²) < 4.78 is 0. The largest absolute Gasteiger partial charge is 0.369 e. The maximum Gasteiger partial charge on any atom is 0.0396 e. The first-order valence-corrected chi connectivity index (χ1v) is 11.0. The molecule has 0 aliphatic carbocycles. The molecule has 0 spiro atoms. The Balaban J connectivity index is 1.29. The summed E-state index contributed by atoms with van der Waals surface area (Å²) in [5.41, 5.74) is 5.73. The Morgan fingerprint density at radius 1 is 0.750 bits per heavy atom. The average Bonchev–Trinajstić information content (AvgIpc) is 2.74. The van der Waals surface area contributed by atoms with Gasteiger partial charge in [0.25, 0.3) is 0 Å². The zero-order valence-electron chi connectivity index (χ0n) is 17.8. The summed E-state index contributed by atoms with van der Waals surface area (Å²) in [4.78, 5) is 8.01. The molecular weight excluding hydrogens is 342 g/mol. The van der Waals surface area contributed by atoms with E-state index < -0.39 is 0 Å². The highest BCUT2D eigenvalue weighted by Gasteiger charge is 2.29. The predicted molar refractivity (Wildman–Crippen MR) is 119 cm³/mol. The molecule has 2 aliphatic rings. The fraction of sp³-hybridized carbons (Fsp3) is 0.520. The summed E-state index contributed by atoms with van der Waals surface area (Å²) in [6, 6.07) is 19.0. The van der Waals surface area contributed by atoms with E-state index in [2.05, 4.69) is 84.0 Å². The van der Waals surface area contributed by atoms with E-state index in [0.29, 0.717) is 6.04 Å². The van der Waals surface area contributed by atoms with Crippen molar-refractivity contribution < 1.29 is 0 Å². The van der Waals surface area contributed by atoms with Crippen LogP contribution in [0.15, 0.2) is 48.5 Å². The molecule has 0 radical (unpaired) electrons. The third-order valence-electron chi connectivity index (χ3n) is 6.97. The first-order valence-electron chi connectivity index (χ1n) is 11.0. The molecule has 2 aliphatic heterocycles. The Hall–Kier alpha value is -1.84. The summed E-state index contributed by atoms with van der Waals surface area (Å²) >= 11 is 0. The van der Waals surface area contributed by atoms with Gasteiger partial charge in [-0.05, 0) is 56.4 Å². The number of hydrogen-bond donors (Lipinski definition) is 0. The minimum absolute atomic E-state index is 0.528. The molecule has 2 fully saturated rings. The molecule has 3 heteroatoms. The van der Waals surface area contributed by atoms with Gasteiger partial charge in [-0.1, -0.05) is 42.5 Å². The number of nitrogens with zero attached hydrogens (tertiary/aromatic N) is 3. The van der Waals surface area contributed by atoms with Crippen LogP contribution in [0.3, 0.4) is 0 Å². The zero-order chi connectivity index (χ0) is 19.5. The molecule has 2 aromatic rings. The summed E-state index contributed by atoms with van der Waals surface area (Å²) in [7, 11) is 0. The summed E-state index contributed by atoms with van der Waals surface area (Å²) in [6.07, 6.45) is 2.61. The highest BCUT2D eigenvalue weighted by molar-refractivity contribution is 5.53. The lowest BCUT2D eigenvalue weighted by molar-refractivity contribution is 0.0839. The Morgan fingerprint density at radius 3 is 2.00 bits per heavy atom. The molecule has 1 atom stereocenters. The zero-order valence-corrected chi connectivity index (χ0v) is 17.8. The molecule has 2 aromatic carbocycles. The third-order valence-corrected chi connectivity index (χ3v) is 6.97. The van der Waals surface area contributed by atoms with E-state index >= 15 is 0 Å². The van der Waals surface area contributed by atoms with Crippen LogP contribution in [0.5, 0.6) is 0 Å². The van der Waals surface area contributed by atoms with E-state index in [1.54, 1.807) is 0 Å². The van der Waals surface area contributed by atoms with Crippen LogP contribution < -0.4 is 4.90 Å². The molecule has 0 amide bonds. The molecule has 3 nitrogen and oxygen atoms in total. The number of hydrogen-bond acceptors (Lipinski definition) is 3. The number of para-hydroxylation sites is 1. The molecule has 0 aromatic heterocycles. The molecule has 150 valence electrons. The van der Waals surface area contributed by atoms with Crippen LogP contribution in [0.4, 0.5) is 5.69 Å². The SMILES string of the molecule is Cc1ccccc1C(C)N1CCC(N2CCN(c3ccccc3C)CC2)CC1. The Labute approximate surface area is 171 Å². The third kappa shape index (κ3) is 4.11. The fourth-order valence-corrected chi connectivity index (χ4v) is 5.14. The van der Waals surface area contributed by atoms with Crippen molar-refractivity contribution in [3.05, 3.63) is 65.2 Å². The summed E-state index contributed by atoms with van der Waals surface area (Å²) in [5.74, 6) is 0. The first kappa shape index (κ1) is 19.5. The fourth-order valence-electron chi connectivity index (χ4n) is 5.14. The van der Waals surface area contributed by atoms with Crippen molar-refractivity contribution in [3.63, 3.8) is 0 Å². The normalized spacial score (nSPS) is 21.0. The van der Waals surface area contributed by atoms with E-state index in [1.807, 2.05) is 0 Å². The molecule has 2 saturated heterocycles. The second-order valence-corrected chi connectivity index (χ2v) is 8.61. The standard InChI is InChI=1S/C25H35N3/c1-20-8-4-6-10-24(20)22(3)26-14-12-23(13-15-26)27-16-18-28(19-17-27)25-11-7-5-9-21(25)2/h4-11,22-23H,12-19H2,1-3H3. The highest BCUT2D eigenvalue weighted by atomic mass is 15.3. The second kappa shape index (κ2) is 8.67. The second-order valence-electron chi connectivity index (χ2n) is 8.61. The number of aryl methyl sites for hydroxylation is 2. The van der Waals surface area contributed by atoms with Gasteiger partial charge in [0.1, 0.15) is 0 Å². The van der Waals surface area contributed by atoms with Crippen molar-refractivity contribution in [2.45, 2.75) is 45.7 Å². The van der Waals surface area contributed by atoms with E-state index in [4.69, 9.17) is 0 Å². The van der Waals surface area contributed by atoms with Crippen molar-refractivity contribution in [2.75, 3.05) is 44.2 Å². The van der Waals surface area contributed by atoms with Crippen molar-refractivity contribution in [1.29, 1.82) is 0 Å². The van der Waals surface area contributed by atoms with Crippen LogP contribution in [0.2, 0.25) is 0 Å². The highest BCUT2D eigenvalue weighted by Crippen LogP contribution is 2.29. The van der Waals surface area contributed by atoms with Crippen LogP contribution in [0, 0.1) is 13.8 Å². The van der Waals surface area contributed by atoms with E-state index in [0.717, 1.165) is 19.1 Å². The number of likely N-dealkylation sites (tertiary alicyclic amines) is 1. The number of anilines is 1. The quantitative estimate of drug-likeness (QED) is 0.768. The number of benzene rings is 2. The smallest absolute Gasteiger partial charge is 0.0396 e. The maximum atomic E-state index is 2.75. The Kier molecular flexibility index (Phi) is 6.03. The van der Waals surface area contributed by atoms with Crippen LogP contribution in [0.1, 0.15) is 42.5 Å². The monoisotopic (exact) mass is 377 g/mol. The van der Waals surface area contributed by atoms with Gasteiger partial charge < -0.3 is 4.90 Å². The summed E-state index contributed by atoms with van der Waals surface area (Å²) in [6.45, 7) is 14.0. The van der Waals surface area contributed by atoms with Crippen LogP contribution in [-0.2, 0) is 0 Å². The summed E-state index contributed by atoms with van der Waals surface area (Å²) in [5, 5.41) is 0. The van der Waals surface area contributed by atoms with Crippen LogP contribution in [0.25, 0.3) is 0 Å². The lowest BCUT2D eigenvalue weighted by Crippen LogP contribution is -2.53. The van der Waals surface area contributed by atoms with Gasteiger partial charge in [0.2, 0.25) is 0 Å². The van der Waals surface area contributed by atoms with Gasteiger partial charge in [-0.15, -0.1) is 0 Å². The number of piperidine rings is 1. The minimum Gasteiger partial charge on any atom is -0.369 e. The van der Waals surface area contributed by atoms with Crippen molar-refractivity contribution in [1.82, 2.24) is 9.80 Å². The van der Waals surface area contributed by atoms with Gasteiger partial charge in [-0.3, -0.25) is 9.80 Å². The molecule has 2 heterocycles. The van der Waals surface area contributed by atoms with Crippen LogP contribution in [-0.4, -0.2) is 55.1 Å². The van der Waals surface area contributed by atoms with Crippen molar-refractivity contribution in [3.8, 4) is 0 Å². The van der Waals surface area contributed by atoms with Crippen molar-refractivity contribution in [2.24, 2.45) is 0 Å². The Morgan fingerprint density at radius 2 is 1.36 bits per heavy atom. The molecule has 28 heavy (non-hydrogen) atoms. The first-order chi connectivity index (χ1) is 13.6. The average molecular weight is 378 g/mol. The molecule has 1 unspecified atom stereocenters. The van der Waals surface area contributed by atoms with Gasteiger partial charge in [0.15, 0.2) is 0 Å². The molecular formula is C25H35N3. The van der Waals surface area contributed by atoms with Gasteiger partial charge in [0.05, 0.1) is 0 Å². The lowest BCUT2D eigenvalue weighted by atomic mass is 9.96. The number of piperazine rings is 1. The minimum atomic E-state index is 0.528. The van der Waals surface area contributed by atoms with Crippen LogP contribution >= 0.6 is 0 Å². The maximum absolute atomic E-state index is 2.75. The van der Waals surface area contributed by atoms with Crippen molar-refractivity contribution >= 4 is 5.69 Å². The lowest BCUT2D eigenvalue weighted by Gasteiger charge is -2.44. The Bertz CT molecular complexity index is 771. The van der Waals surface area contributed by atoms with E-state index in [1.165, 1.54) is 61.4 Å². The van der Waals surface area contributed by atoms with Gasteiger partial charge in [0, 0.05) is 57.0 Å². The molecule has 4 rings (SSSR count). The molecule has 0 bridgehead atoms. The van der Waals surface area contributed by atoms with Gasteiger partial charge >= 0.3 is 0 Å². The van der Waals surface area contributed by atoms with E-state index in [9.17, 15) is 0 Å². The van der Waals surface area contributed by atoms with E-state index in [-0.39, 0.29) is 0 Å². The molecule has 0 saturated carbocycles. The van der Waals surface area contributed by atoms with Gasteiger partial charge in [-0.2, -0.15) is 0 Å². The predicted octanol–water partition coefficient (Wildman–Crippen LogP) is 4.65.